The van der Waals surface area contributed by atoms with E-state index in [0.717, 1.165) is 22.5 Å². The number of halogens is 2. The Kier molecular flexibility index (Phi) is 5.11. The Morgan fingerprint density at radius 2 is 2.04 bits per heavy atom. The van der Waals surface area contributed by atoms with E-state index < -0.39 is 0 Å². The maximum Gasteiger partial charge on any atom is 0.0952 e. The summed E-state index contributed by atoms with van der Waals surface area (Å²) in [5, 5.41) is 2.06. The first-order chi connectivity index (χ1) is 13.1. The molecule has 0 aliphatic rings. The summed E-state index contributed by atoms with van der Waals surface area (Å²) in [7, 11) is 0. The van der Waals surface area contributed by atoms with Crippen molar-refractivity contribution in [2.75, 3.05) is 0 Å². The van der Waals surface area contributed by atoms with Crippen LogP contribution >= 0.6 is 27.5 Å². The van der Waals surface area contributed by atoms with Crippen LogP contribution < -0.4 is 0 Å². The molecule has 0 fully saturated rings. The number of rotatable bonds is 5. The Morgan fingerprint density at radius 1 is 1.19 bits per heavy atom. The van der Waals surface area contributed by atoms with Gasteiger partial charge in [0.2, 0.25) is 0 Å². The minimum Gasteiger partial charge on any atom is -0.343 e. The number of fused-ring (bicyclic) bond motifs is 1. The topological polar surface area (TPSA) is 22.8 Å². The summed E-state index contributed by atoms with van der Waals surface area (Å²) in [6.07, 6.45) is 6.65. The molecule has 0 aliphatic heterocycles. The van der Waals surface area contributed by atoms with Crippen molar-refractivity contribution in [1.29, 1.82) is 0 Å². The molecule has 0 bridgehead atoms. The second-order valence-electron chi connectivity index (χ2n) is 6.78. The maximum absolute atomic E-state index is 6.24. The summed E-state index contributed by atoms with van der Waals surface area (Å²) >= 11 is 9.86. The molecule has 0 saturated carbocycles. The Hall–Kier alpha value is -2.04. The summed E-state index contributed by atoms with van der Waals surface area (Å²) in [4.78, 5) is 4.30. The lowest BCUT2D eigenvalue weighted by atomic mass is 9.99. The van der Waals surface area contributed by atoms with E-state index >= 15 is 0 Å². The van der Waals surface area contributed by atoms with Crippen molar-refractivity contribution in [3.8, 4) is 0 Å². The largest absolute Gasteiger partial charge is 0.343 e. The molecule has 4 rings (SSSR count). The number of imidazole rings is 1. The van der Waals surface area contributed by atoms with Gasteiger partial charge in [-0.05, 0) is 61.7 Å². The lowest BCUT2D eigenvalue weighted by Crippen LogP contribution is -2.17. The highest BCUT2D eigenvalue weighted by Gasteiger charge is 2.23. The average molecular weight is 443 g/mol. The van der Waals surface area contributed by atoms with Gasteiger partial charge in [0, 0.05) is 45.0 Å². The highest BCUT2D eigenvalue weighted by molar-refractivity contribution is 9.10. The first-order valence-corrected chi connectivity index (χ1v) is 10.3. The molecule has 2 aromatic heterocycles. The van der Waals surface area contributed by atoms with E-state index in [1.165, 1.54) is 27.7 Å². The average Bonchev–Trinajstić information content (AvgIpc) is 3.27. The van der Waals surface area contributed by atoms with E-state index in [1.54, 1.807) is 0 Å². The van der Waals surface area contributed by atoms with Gasteiger partial charge in [0.1, 0.15) is 0 Å². The molecular weight excluding hydrogens is 422 g/mol. The van der Waals surface area contributed by atoms with Crippen molar-refractivity contribution >= 4 is 38.4 Å². The quantitative estimate of drug-likeness (QED) is 0.350. The molecule has 138 valence electrons. The molecule has 0 N–H and O–H groups in total. The van der Waals surface area contributed by atoms with E-state index in [0.29, 0.717) is 0 Å². The van der Waals surface area contributed by atoms with Crippen LogP contribution in [-0.2, 0) is 13.0 Å². The molecule has 27 heavy (non-hydrogen) atoms. The van der Waals surface area contributed by atoms with E-state index in [2.05, 4.69) is 74.2 Å². The summed E-state index contributed by atoms with van der Waals surface area (Å²) in [5.74, 6) is 0. The standard InChI is InChI=1S/C22H21BrClN3/c1-3-27-20-8-7-17(23)13-19(20)15(2)22(27)21(26-10-9-25-14-26)12-16-5-4-6-18(24)11-16/h4-11,13-14,21H,3,12H2,1-2H3. The van der Waals surface area contributed by atoms with Gasteiger partial charge in [-0.3, -0.25) is 0 Å². The number of aryl methyl sites for hydroxylation is 2. The van der Waals surface area contributed by atoms with E-state index in [1.807, 2.05) is 30.9 Å². The Morgan fingerprint density at radius 3 is 2.74 bits per heavy atom. The zero-order valence-electron chi connectivity index (χ0n) is 15.4. The molecule has 0 aliphatic carbocycles. The molecule has 0 spiro atoms. The minimum absolute atomic E-state index is 0.150. The first kappa shape index (κ1) is 18.3. The Labute approximate surface area is 172 Å². The summed E-state index contributed by atoms with van der Waals surface area (Å²) < 4.78 is 5.72. The van der Waals surface area contributed by atoms with Crippen LogP contribution in [0.2, 0.25) is 5.02 Å². The van der Waals surface area contributed by atoms with Crippen LogP contribution in [0.15, 0.2) is 65.7 Å². The molecule has 5 heteroatoms. The van der Waals surface area contributed by atoms with Gasteiger partial charge in [0.05, 0.1) is 12.4 Å². The van der Waals surface area contributed by atoms with Gasteiger partial charge in [-0.2, -0.15) is 0 Å². The number of hydrogen-bond donors (Lipinski definition) is 0. The number of hydrogen-bond acceptors (Lipinski definition) is 1. The first-order valence-electron chi connectivity index (χ1n) is 9.08. The Balaban J connectivity index is 1.91. The lowest BCUT2D eigenvalue weighted by Gasteiger charge is -2.22. The lowest BCUT2D eigenvalue weighted by molar-refractivity contribution is 0.533. The van der Waals surface area contributed by atoms with Gasteiger partial charge in [-0.25, -0.2) is 4.98 Å². The Bertz CT molecular complexity index is 1080. The van der Waals surface area contributed by atoms with Gasteiger partial charge < -0.3 is 9.13 Å². The predicted molar refractivity (Wildman–Crippen MR) is 116 cm³/mol. The zero-order valence-corrected chi connectivity index (χ0v) is 17.7. The molecule has 0 radical (unpaired) electrons. The second kappa shape index (κ2) is 7.53. The highest BCUT2D eigenvalue weighted by atomic mass is 79.9. The third-order valence-electron chi connectivity index (χ3n) is 5.16. The van der Waals surface area contributed by atoms with Crippen LogP contribution in [0.1, 0.15) is 29.8 Å². The van der Waals surface area contributed by atoms with E-state index in [-0.39, 0.29) is 6.04 Å². The molecule has 4 aromatic rings. The summed E-state index contributed by atoms with van der Waals surface area (Å²) in [6, 6.07) is 14.8. The molecule has 2 aromatic carbocycles. The highest BCUT2D eigenvalue weighted by Crippen LogP contribution is 2.35. The molecule has 3 nitrogen and oxygen atoms in total. The van der Waals surface area contributed by atoms with E-state index in [9.17, 15) is 0 Å². The zero-order chi connectivity index (χ0) is 19.0. The van der Waals surface area contributed by atoms with Gasteiger partial charge >= 0.3 is 0 Å². The maximum atomic E-state index is 6.24. The van der Waals surface area contributed by atoms with Crippen molar-refractivity contribution in [2.24, 2.45) is 0 Å². The van der Waals surface area contributed by atoms with Crippen molar-refractivity contribution < 1.29 is 0 Å². The van der Waals surface area contributed by atoms with Crippen LogP contribution in [0.3, 0.4) is 0 Å². The van der Waals surface area contributed by atoms with Crippen molar-refractivity contribution in [3.05, 3.63) is 87.5 Å². The fraction of sp³-hybridized carbons (Fsp3) is 0.227. The van der Waals surface area contributed by atoms with E-state index in [4.69, 9.17) is 11.6 Å². The molecule has 0 amide bonds. The fourth-order valence-corrected chi connectivity index (χ4v) is 4.54. The van der Waals surface area contributed by atoms with Crippen LogP contribution in [0.4, 0.5) is 0 Å². The fourth-order valence-electron chi connectivity index (χ4n) is 3.97. The molecule has 2 heterocycles. The van der Waals surface area contributed by atoms with Crippen molar-refractivity contribution in [1.82, 2.24) is 14.1 Å². The van der Waals surface area contributed by atoms with Gasteiger partial charge in [0.25, 0.3) is 0 Å². The van der Waals surface area contributed by atoms with Gasteiger partial charge in [0.15, 0.2) is 0 Å². The molecule has 1 unspecified atom stereocenters. The monoisotopic (exact) mass is 441 g/mol. The summed E-state index contributed by atoms with van der Waals surface area (Å²) in [6.45, 7) is 5.34. The van der Waals surface area contributed by atoms with Crippen LogP contribution in [0.25, 0.3) is 10.9 Å². The SMILES string of the molecule is CCn1c(C(Cc2cccc(Cl)c2)n2ccnc2)c(C)c2cc(Br)ccc21. The minimum atomic E-state index is 0.150. The normalized spacial score (nSPS) is 12.6. The van der Waals surface area contributed by atoms with Crippen LogP contribution in [0, 0.1) is 6.92 Å². The van der Waals surface area contributed by atoms with Crippen molar-refractivity contribution in [3.63, 3.8) is 0 Å². The molecule has 1 atom stereocenters. The summed E-state index contributed by atoms with van der Waals surface area (Å²) in [5.41, 5.74) is 5.12. The predicted octanol–water partition coefficient (Wildman–Crippen LogP) is 6.41. The van der Waals surface area contributed by atoms with Crippen LogP contribution in [0.5, 0.6) is 0 Å². The smallest absolute Gasteiger partial charge is 0.0952 e. The number of benzene rings is 2. The van der Waals surface area contributed by atoms with Crippen LogP contribution in [-0.4, -0.2) is 14.1 Å². The van der Waals surface area contributed by atoms with Gasteiger partial charge in [-0.1, -0.05) is 39.7 Å². The molecule has 0 saturated heterocycles. The number of aromatic nitrogens is 3. The van der Waals surface area contributed by atoms with Gasteiger partial charge in [-0.15, -0.1) is 0 Å². The van der Waals surface area contributed by atoms with Crippen molar-refractivity contribution in [2.45, 2.75) is 32.9 Å². The number of nitrogens with zero attached hydrogens (tertiary/aromatic N) is 3. The third kappa shape index (κ3) is 3.44. The second-order valence-corrected chi connectivity index (χ2v) is 8.13. The third-order valence-corrected chi connectivity index (χ3v) is 5.89. The molecular formula is C22H21BrClN3.